The maximum Gasteiger partial charge on any atom is 0.326 e. The number of aliphatic carboxylic acids is 1. The molecular formula is C32H27N3O4. The fraction of sp³-hybridized carbons (Fsp3) is 0.0938. The number of ether oxygens (including phenoxy) is 1. The second-order valence-electron chi connectivity index (χ2n) is 9.08. The van der Waals surface area contributed by atoms with Crippen LogP contribution >= 0.6 is 0 Å². The second kappa shape index (κ2) is 11.9. The number of imidazole rings is 1. The number of rotatable bonds is 10. The van der Waals surface area contributed by atoms with Gasteiger partial charge in [0.25, 0.3) is 5.91 Å². The highest BCUT2D eigenvalue weighted by Gasteiger charge is 2.22. The third kappa shape index (κ3) is 6.78. The zero-order chi connectivity index (χ0) is 27.0. The lowest BCUT2D eigenvalue weighted by Crippen LogP contribution is -2.42. The largest absolute Gasteiger partial charge is 0.489 e. The first kappa shape index (κ1) is 25.5. The first-order valence-electron chi connectivity index (χ1n) is 12.5. The molecule has 2 N–H and O–H groups in total. The number of amides is 1. The molecule has 2 aromatic heterocycles. The zero-order valence-corrected chi connectivity index (χ0v) is 21.1. The Morgan fingerprint density at radius 1 is 0.821 bits per heavy atom. The molecule has 1 amide bonds. The average molecular weight is 518 g/mol. The standard InChI is InChI=1S/C32H27N3O4/c36-31(29-21-35-20-25(15-18-30(35)33-29)12-11-23-7-3-1-4-8-23)34-28(32(37)38)19-24-13-16-27(17-14-24)39-22-26-9-5-2-6-10-26/h1-18,20-21,28H,19,22H2,(H,34,36)(H,37,38). The second-order valence-corrected chi connectivity index (χ2v) is 9.08. The van der Waals surface area contributed by atoms with Gasteiger partial charge < -0.3 is 19.6 Å². The van der Waals surface area contributed by atoms with Crippen LogP contribution in [0, 0.1) is 0 Å². The Labute approximate surface area is 226 Å². The van der Waals surface area contributed by atoms with Gasteiger partial charge in [-0.2, -0.15) is 0 Å². The van der Waals surface area contributed by atoms with Crippen LogP contribution in [0.15, 0.2) is 109 Å². The van der Waals surface area contributed by atoms with Crippen LogP contribution in [0.2, 0.25) is 0 Å². The molecule has 0 spiro atoms. The Morgan fingerprint density at radius 3 is 2.23 bits per heavy atom. The average Bonchev–Trinajstić information content (AvgIpc) is 3.40. The van der Waals surface area contributed by atoms with Gasteiger partial charge in [0.2, 0.25) is 0 Å². The smallest absolute Gasteiger partial charge is 0.326 e. The molecule has 0 saturated carbocycles. The minimum Gasteiger partial charge on any atom is -0.489 e. The summed E-state index contributed by atoms with van der Waals surface area (Å²) in [5.41, 5.74) is 4.58. The lowest BCUT2D eigenvalue weighted by Gasteiger charge is -2.14. The maximum absolute atomic E-state index is 12.9. The lowest BCUT2D eigenvalue weighted by molar-refractivity contribution is -0.139. The third-order valence-corrected chi connectivity index (χ3v) is 6.19. The Bertz CT molecular complexity index is 1590. The fourth-order valence-corrected chi connectivity index (χ4v) is 4.10. The molecule has 39 heavy (non-hydrogen) atoms. The highest BCUT2D eigenvalue weighted by atomic mass is 16.5. The molecule has 0 radical (unpaired) electrons. The molecule has 7 heteroatoms. The Hall–Kier alpha value is -5.17. The number of carbonyl (C=O) groups excluding carboxylic acids is 1. The Balaban J connectivity index is 1.22. The minimum atomic E-state index is -1.12. The van der Waals surface area contributed by atoms with Crippen molar-refractivity contribution in [2.75, 3.05) is 0 Å². The number of pyridine rings is 1. The van der Waals surface area contributed by atoms with Crippen LogP contribution in [0.25, 0.3) is 17.8 Å². The number of carboxylic acids is 1. The number of nitrogens with one attached hydrogen (secondary N) is 1. The van der Waals surface area contributed by atoms with Crippen molar-refractivity contribution in [3.63, 3.8) is 0 Å². The van der Waals surface area contributed by atoms with Crippen molar-refractivity contribution < 1.29 is 19.4 Å². The van der Waals surface area contributed by atoms with Crippen molar-refractivity contribution in [2.24, 2.45) is 0 Å². The third-order valence-electron chi connectivity index (χ3n) is 6.19. The van der Waals surface area contributed by atoms with E-state index in [1.165, 1.54) is 0 Å². The van der Waals surface area contributed by atoms with Crippen LogP contribution < -0.4 is 10.1 Å². The van der Waals surface area contributed by atoms with E-state index in [9.17, 15) is 14.7 Å². The SMILES string of the molecule is O=C(NC(Cc1ccc(OCc2ccccc2)cc1)C(=O)O)c1cn2cc(C=Cc3ccccc3)ccc2n1. The zero-order valence-electron chi connectivity index (χ0n) is 21.1. The summed E-state index contributed by atoms with van der Waals surface area (Å²) in [6, 6.07) is 29.6. The molecule has 5 rings (SSSR count). The molecule has 0 bridgehead atoms. The first-order chi connectivity index (χ1) is 19.0. The van der Waals surface area contributed by atoms with E-state index in [0.717, 1.165) is 22.3 Å². The van der Waals surface area contributed by atoms with Gasteiger partial charge in [0.15, 0.2) is 0 Å². The van der Waals surface area contributed by atoms with E-state index in [4.69, 9.17) is 4.74 Å². The van der Waals surface area contributed by atoms with Crippen molar-refractivity contribution in [1.29, 1.82) is 0 Å². The van der Waals surface area contributed by atoms with Crippen molar-refractivity contribution in [3.05, 3.63) is 137 Å². The molecule has 0 saturated heterocycles. The van der Waals surface area contributed by atoms with E-state index >= 15 is 0 Å². The number of aromatic nitrogens is 2. The molecule has 0 fully saturated rings. The van der Waals surface area contributed by atoms with Gasteiger partial charge in [0, 0.05) is 18.8 Å². The van der Waals surface area contributed by atoms with Crippen LogP contribution in [-0.4, -0.2) is 32.4 Å². The van der Waals surface area contributed by atoms with Gasteiger partial charge in [-0.3, -0.25) is 4.79 Å². The van der Waals surface area contributed by atoms with Gasteiger partial charge in [0.05, 0.1) is 0 Å². The van der Waals surface area contributed by atoms with Gasteiger partial charge in [-0.25, -0.2) is 9.78 Å². The summed E-state index contributed by atoms with van der Waals surface area (Å²) in [6.45, 7) is 0.442. The topological polar surface area (TPSA) is 92.9 Å². The normalized spacial score (nSPS) is 11.9. The Kier molecular flexibility index (Phi) is 7.79. The summed E-state index contributed by atoms with van der Waals surface area (Å²) in [7, 11) is 0. The number of benzene rings is 3. The predicted octanol–water partition coefficient (Wildman–Crippen LogP) is 5.51. The molecule has 194 valence electrons. The number of hydrogen-bond donors (Lipinski definition) is 2. The summed E-state index contributed by atoms with van der Waals surface area (Å²) in [4.78, 5) is 29.2. The highest BCUT2D eigenvalue weighted by Crippen LogP contribution is 2.16. The highest BCUT2D eigenvalue weighted by molar-refractivity contribution is 5.95. The van der Waals surface area contributed by atoms with Crippen molar-refractivity contribution >= 4 is 29.7 Å². The van der Waals surface area contributed by atoms with E-state index in [1.807, 2.05) is 91.1 Å². The van der Waals surface area contributed by atoms with Gasteiger partial charge >= 0.3 is 5.97 Å². The van der Waals surface area contributed by atoms with E-state index in [-0.39, 0.29) is 12.1 Å². The van der Waals surface area contributed by atoms with E-state index < -0.39 is 17.9 Å². The maximum atomic E-state index is 12.9. The number of nitrogens with zero attached hydrogens (tertiary/aromatic N) is 2. The van der Waals surface area contributed by atoms with Crippen LogP contribution in [0.4, 0.5) is 0 Å². The van der Waals surface area contributed by atoms with Gasteiger partial charge in [-0.05, 0) is 46.5 Å². The van der Waals surface area contributed by atoms with Crippen LogP contribution in [0.3, 0.4) is 0 Å². The molecule has 0 aliphatic rings. The lowest BCUT2D eigenvalue weighted by atomic mass is 10.1. The monoisotopic (exact) mass is 517 g/mol. The van der Waals surface area contributed by atoms with Crippen LogP contribution in [-0.2, 0) is 17.8 Å². The molecule has 2 heterocycles. The first-order valence-corrected chi connectivity index (χ1v) is 12.5. The summed E-state index contributed by atoms with van der Waals surface area (Å²) >= 11 is 0. The van der Waals surface area contributed by atoms with Crippen molar-refractivity contribution in [3.8, 4) is 5.75 Å². The van der Waals surface area contributed by atoms with Gasteiger partial charge in [0.1, 0.15) is 29.7 Å². The predicted molar refractivity (Wildman–Crippen MR) is 150 cm³/mol. The van der Waals surface area contributed by atoms with Gasteiger partial charge in [-0.1, -0.05) is 84.9 Å². The van der Waals surface area contributed by atoms with E-state index in [0.29, 0.717) is 18.0 Å². The number of hydrogen-bond acceptors (Lipinski definition) is 4. The van der Waals surface area contributed by atoms with Crippen LogP contribution in [0.5, 0.6) is 5.75 Å². The molecule has 7 nitrogen and oxygen atoms in total. The summed E-state index contributed by atoms with van der Waals surface area (Å²) in [5.74, 6) is -0.985. The molecule has 1 atom stereocenters. The number of carbonyl (C=O) groups is 2. The van der Waals surface area contributed by atoms with E-state index in [2.05, 4.69) is 10.3 Å². The fourth-order valence-electron chi connectivity index (χ4n) is 4.10. The molecule has 0 aliphatic heterocycles. The summed E-state index contributed by atoms with van der Waals surface area (Å²) in [6.07, 6.45) is 7.58. The van der Waals surface area contributed by atoms with Crippen molar-refractivity contribution in [1.82, 2.24) is 14.7 Å². The van der Waals surface area contributed by atoms with Gasteiger partial charge in [-0.15, -0.1) is 0 Å². The molecular weight excluding hydrogens is 490 g/mol. The van der Waals surface area contributed by atoms with E-state index in [1.54, 1.807) is 34.9 Å². The number of fused-ring (bicyclic) bond motifs is 1. The number of carboxylic acid groups (broad SMARTS) is 1. The Morgan fingerprint density at radius 2 is 1.51 bits per heavy atom. The van der Waals surface area contributed by atoms with Crippen molar-refractivity contribution in [2.45, 2.75) is 19.1 Å². The summed E-state index contributed by atoms with van der Waals surface area (Å²) < 4.78 is 7.55. The minimum absolute atomic E-state index is 0.127. The quantitative estimate of drug-likeness (QED) is 0.255. The molecule has 5 aromatic rings. The molecule has 1 unspecified atom stereocenters. The summed E-state index contributed by atoms with van der Waals surface area (Å²) in [5, 5.41) is 12.4. The molecule has 0 aliphatic carbocycles. The molecule has 3 aromatic carbocycles. The van der Waals surface area contributed by atoms with Crippen LogP contribution in [0.1, 0.15) is 32.7 Å².